The number of halogens is 1. The van der Waals surface area contributed by atoms with Gasteiger partial charge in [0.15, 0.2) is 0 Å². The molecule has 8 heteroatoms. The van der Waals surface area contributed by atoms with Crippen LogP contribution in [0.3, 0.4) is 0 Å². The summed E-state index contributed by atoms with van der Waals surface area (Å²) in [5.41, 5.74) is 2.88. The number of rotatable bonds is 6. The van der Waals surface area contributed by atoms with Gasteiger partial charge in [0.1, 0.15) is 5.75 Å². The molecule has 4 rings (SSSR count). The van der Waals surface area contributed by atoms with Crippen molar-refractivity contribution in [3.8, 4) is 5.75 Å². The van der Waals surface area contributed by atoms with Gasteiger partial charge in [-0.3, -0.25) is 9.59 Å². The number of nitrogens with zero attached hydrogens (tertiary/aromatic N) is 2. The number of hydrogen-bond donors (Lipinski definition) is 3. The topological polar surface area (TPSA) is 104 Å². The number of hydrogen-bond acceptors (Lipinski definition) is 4. The molecule has 0 saturated heterocycles. The Labute approximate surface area is 186 Å². The van der Waals surface area contributed by atoms with E-state index in [4.69, 9.17) is 0 Å². The van der Waals surface area contributed by atoms with Crippen LogP contribution in [-0.4, -0.2) is 31.6 Å². The van der Waals surface area contributed by atoms with Gasteiger partial charge >= 0.3 is 5.97 Å². The number of amides is 1. The van der Waals surface area contributed by atoms with Crippen molar-refractivity contribution in [1.29, 1.82) is 0 Å². The summed E-state index contributed by atoms with van der Waals surface area (Å²) < 4.78 is 2.50. The molecule has 1 aromatic heterocycles. The van der Waals surface area contributed by atoms with Crippen LogP contribution < -0.4 is 5.32 Å². The van der Waals surface area contributed by atoms with Gasteiger partial charge in [-0.2, -0.15) is 0 Å². The van der Waals surface area contributed by atoms with E-state index in [0.29, 0.717) is 15.7 Å². The third-order valence-corrected chi connectivity index (χ3v) is 5.42. The van der Waals surface area contributed by atoms with E-state index in [1.807, 2.05) is 34.9 Å². The number of carboxylic acid groups (broad SMARTS) is 1. The van der Waals surface area contributed by atoms with Gasteiger partial charge in [0.25, 0.3) is 5.91 Å². The number of anilines is 1. The number of imidazole rings is 1. The van der Waals surface area contributed by atoms with E-state index < -0.39 is 17.9 Å². The van der Waals surface area contributed by atoms with Crippen LogP contribution in [0, 0.1) is 0 Å². The molecule has 7 nitrogen and oxygen atoms in total. The molecule has 0 aliphatic heterocycles. The summed E-state index contributed by atoms with van der Waals surface area (Å²) in [6.07, 6.45) is 1.52. The van der Waals surface area contributed by atoms with Crippen molar-refractivity contribution in [3.63, 3.8) is 0 Å². The zero-order chi connectivity index (χ0) is 22.0. The van der Waals surface area contributed by atoms with Crippen LogP contribution in [0.25, 0.3) is 11.0 Å². The first-order chi connectivity index (χ1) is 14.9. The first-order valence-electron chi connectivity index (χ1n) is 9.45. The van der Waals surface area contributed by atoms with E-state index in [2.05, 4.69) is 26.2 Å². The molecule has 4 aromatic rings. The van der Waals surface area contributed by atoms with Crippen LogP contribution in [0.5, 0.6) is 5.75 Å². The van der Waals surface area contributed by atoms with Gasteiger partial charge < -0.3 is 20.1 Å². The fraction of sp³-hybridized carbons (Fsp3) is 0.0870. The fourth-order valence-electron chi connectivity index (χ4n) is 3.46. The lowest BCUT2D eigenvalue weighted by Gasteiger charge is -2.18. The predicted octanol–water partition coefficient (Wildman–Crippen LogP) is 4.82. The average Bonchev–Trinajstić information content (AvgIpc) is 3.17. The van der Waals surface area contributed by atoms with Crippen LogP contribution in [0.4, 0.5) is 5.69 Å². The monoisotopic (exact) mass is 479 g/mol. The van der Waals surface area contributed by atoms with Crippen molar-refractivity contribution >= 4 is 44.5 Å². The average molecular weight is 480 g/mol. The number of carbonyl (C=O) groups is 2. The molecule has 0 aliphatic rings. The van der Waals surface area contributed by atoms with E-state index in [-0.39, 0.29) is 17.7 Å². The number of carboxylic acids is 1. The van der Waals surface area contributed by atoms with Crippen molar-refractivity contribution in [3.05, 3.63) is 88.7 Å². The molecule has 1 atom stereocenters. The van der Waals surface area contributed by atoms with Gasteiger partial charge in [-0.05, 0) is 42.0 Å². The molecule has 156 valence electrons. The molecule has 3 N–H and O–H groups in total. The molecule has 1 unspecified atom stereocenters. The maximum absolute atomic E-state index is 12.6. The molecule has 31 heavy (non-hydrogen) atoms. The largest absolute Gasteiger partial charge is 0.507 e. The van der Waals surface area contributed by atoms with Gasteiger partial charge in [0, 0.05) is 10.2 Å². The maximum Gasteiger partial charge on any atom is 0.305 e. The van der Waals surface area contributed by atoms with Gasteiger partial charge in [0.2, 0.25) is 0 Å². The van der Waals surface area contributed by atoms with Gasteiger partial charge in [-0.1, -0.05) is 46.3 Å². The number of aromatic hydroxyl groups is 1. The van der Waals surface area contributed by atoms with E-state index in [0.717, 1.165) is 11.1 Å². The number of fused-ring (bicyclic) bond motifs is 1. The van der Waals surface area contributed by atoms with Gasteiger partial charge in [-0.15, -0.1) is 0 Å². The second-order valence-corrected chi connectivity index (χ2v) is 7.91. The van der Waals surface area contributed by atoms with Crippen LogP contribution >= 0.6 is 15.9 Å². The molecule has 0 saturated carbocycles. The van der Waals surface area contributed by atoms with E-state index in [1.165, 1.54) is 12.1 Å². The first-order valence-corrected chi connectivity index (χ1v) is 10.2. The lowest BCUT2D eigenvalue weighted by molar-refractivity contribution is -0.137. The molecule has 0 spiro atoms. The Hall–Kier alpha value is -3.65. The summed E-state index contributed by atoms with van der Waals surface area (Å²) in [6, 6.07) is 18.8. The molecule has 0 aliphatic carbocycles. The highest BCUT2D eigenvalue weighted by atomic mass is 79.9. The van der Waals surface area contributed by atoms with E-state index in [9.17, 15) is 19.8 Å². The van der Waals surface area contributed by atoms with Gasteiger partial charge in [0.05, 0.1) is 35.4 Å². The normalized spacial score (nSPS) is 11.9. The summed E-state index contributed by atoms with van der Waals surface area (Å²) in [5, 5.41) is 22.1. The number of benzene rings is 3. The Kier molecular flexibility index (Phi) is 5.73. The third-order valence-electron chi connectivity index (χ3n) is 4.92. The number of phenolic OH excluding ortho intramolecular Hbond substituents is 1. The second-order valence-electron chi connectivity index (χ2n) is 7.00. The minimum atomic E-state index is -0.909. The SMILES string of the molecule is O=C(O)CC(c1ccccc1)n1cnc2cc(NC(=O)c3cc(Br)ccc3O)ccc21. The molecule has 0 bridgehead atoms. The Morgan fingerprint density at radius 3 is 2.58 bits per heavy atom. The highest BCUT2D eigenvalue weighted by molar-refractivity contribution is 9.10. The number of aromatic nitrogens is 2. The molecule has 0 fully saturated rings. The second kappa shape index (κ2) is 8.61. The first kappa shape index (κ1) is 20.6. The summed E-state index contributed by atoms with van der Waals surface area (Å²) in [4.78, 5) is 28.4. The minimum absolute atomic E-state index is 0.0872. The minimum Gasteiger partial charge on any atom is -0.507 e. The van der Waals surface area contributed by atoms with Crippen molar-refractivity contribution in [2.75, 3.05) is 5.32 Å². The Bertz CT molecular complexity index is 1270. The van der Waals surface area contributed by atoms with Crippen molar-refractivity contribution < 1.29 is 19.8 Å². The predicted molar refractivity (Wildman–Crippen MR) is 120 cm³/mol. The number of aliphatic carboxylic acids is 1. The van der Waals surface area contributed by atoms with Crippen LogP contribution in [0.15, 0.2) is 77.5 Å². The highest BCUT2D eigenvalue weighted by Gasteiger charge is 2.20. The highest BCUT2D eigenvalue weighted by Crippen LogP contribution is 2.29. The lowest BCUT2D eigenvalue weighted by Crippen LogP contribution is -2.14. The van der Waals surface area contributed by atoms with Crippen molar-refractivity contribution in [2.24, 2.45) is 0 Å². The quantitative estimate of drug-likeness (QED) is 0.367. The third kappa shape index (κ3) is 4.44. The van der Waals surface area contributed by atoms with E-state index in [1.54, 1.807) is 30.6 Å². The molecular weight excluding hydrogens is 462 g/mol. The van der Waals surface area contributed by atoms with Crippen LogP contribution in [0.2, 0.25) is 0 Å². The van der Waals surface area contributed by atoms with E-state index >= 15 is 0 Å². The standard InChI is InChI=1S/C23H18BrN3O4/c24-15-6-9-21(28)17(10-15)23(31)26-16-7-8-19-18(11-16)25-13-27(19)20(12-22(29)30)14-4-2-1-3-5-14/h1-11,13,20,28H,12H2,(H,26,31)(H,29,30). The summed E-state index contributed by atoms with van der Waals surface area (Å²) in [6.45, 7) is 0. The molecule has 0 radical (unpaired) electrons. The van der Waals surface area contributed by atoms with Crippen molar-refractivity contribution in [2.45, 2.75) is 12.5 Å². The molecular formula is C23H18BrN3O4. The number of nitrogens with one attached hydrogen (secondary N) is 1. The molecule has 1 heterocycles. The Balaban J connectivity index is 1.65. The number of carbonyl (C=O) groups excluding carboxylic acids is 1. The maximum atomic E-state index is 12.6. The Morgan fingerprint density at radius 1 is 1.06 bits per heavy atom. The summed E-state index contributed by atoms with van der Waals surface area (Å²) >= 11 is 3.29. The fourth-order valence-corrected chi connectivity index (χ4v) is 3.82. The Morgan fingerprint density at radius 2 is 1.84 bits per heavy atom. The molecule has 1 amide bonds. The summed E-state index contributed by atoms with van der Waals surface area (Å²) in [7, 11) is 0. The number of phenols is 1. The van der Waals surface area contributed by atoms with Gasteiger partial charge in [-0.25, -0.2) is 4.98 Å². The lowest BCUT2D eigenvalue weighted by atomic mass is 10.0. The van der Waals surface area contributed by atoms with Crippen LogP contribution in [-0.2, 0) is 4.79 Å². The smallest absolute Gasteiger partial charge is 0.305 e. The van der Waals surface area contributed by atoms with Crippen molar-refractivity contribution in [1.82, 2.24) is 9.55 Å². The summed E-state index contributed by atoms with van der Waals surface area (Å²) in [5.74, 6) is -1.48. The molecule has 3 aromatic carbocycles. The van der Waals surface area contributed by atoms with Crippen LogP contribution in [0.1, 0.15) is 28.4 Å². The zero-order valence-electron chi connectivity index (χ0n) is 16.2. The zero-order valence-corrected chi connectivity index (χ0v) is 17.8.